The lowest BCUT2D eigenvalue weighted by molar-refractivity contribution is -0.135. The Hall–Kier alpha value is -2.92. The molecule has 2 aromatic carbocycles. The van der Waals surface area contributed by atoms with E-state index in [1.807, 2.05) is 70.4 Å². The van der Waals surface area contributed by atoms with E-state index in [4.69, 9.17) is 4.74 Å². The number of para-hydroxylation sites is 2. The maximum absolute atomic E-state index is 12.6. The van der Waals surface area contributed by atoms with Gasteiger partial charge in [0, 0.05) is 42.0 Å². The summed E-state index contributed by atoms with van der Waals surface area (Å²) in [7, 11) is 0. The Bertz CT molecular complexity index is 925. The Balaban J connectivity index is 1.61. The number of carbonyl (C=O) groups is 1. The van der Waals surface area contributed by atoms with E-state index in [1.54, 1.807) is 0 Å². The Morgan fingerprint density at radius 2 is 1.77 bits per heavy atom. The molecule has 4 rings (SSSR count). The molecule has 5 nitrogen and oxygen atoms in total. The van der Waals surface area contributed by atoms with Gasteiger partial charge >= 0.3 is 0 Å². The van der Waals surface area contributed by atoms with E-state index in [2.05, 4.69) is 11.1 Å². The van der Waals surface area contributed by atoms with Crippen LogP contribution in [0.2, 0.25) is 0 Å². The molecule has 1 aliphatic rings. The summed E-state index contributed by atoms with van der Waals surface area (Å²) in [5.41, 5.74) is 2.97. The van der Waals surface area contributed by atoms with Crippen molar-refractivity contribution in [3.8, 4) is 0 Å². The SMILES string of the molecule is O=C(Cn1cc(C=Nc2ccccc2)c2ccccc21)N1CCOCC1. The van der Waals surface area contributed by atoms with Gasteiger partial charge in [-0.05, 0) is 18.2 Å². The van der Waals surface area contributed by atoms with Crippen LogP contribution in [0.1, 0.15) is 5.56 Å². The molecule has 0 atom stereocenters. The van der Waals surface area contributed by atoms with Crippen LogP contribution in [-0.2, 0) is 16.1 Å². The van der Waals surface area contributed by atoms with Gasteiger partial charge in [0.2, 0.25) is 5.91 Å². The molecule has 5 heteroatoms. The maximum Gasteiger partial charge on any atom is 0.242 e. The first-order chi connectivity index (χ1) is 12.8. The fourth-order valence-electron chi connectivity index (χ4n) is 3.23. The molecule has 1 saturated heterocycles. The van der Waals surface area contributed by atoms with Gasteiger partial charge < -0.3 is 14.2 Å². The van der Waals surface area contributed by atoms with E-state index in [9.17, 15) is 4.79 Å². The summed E-state index contributed by atoms with van der Waals surface area (Å²) in [6, 6.07) is 18.0. The number of morpholine rings is 1. The van der Waals surface area contributed by atoms with Crippen molar-refractivity contribution >= 4 is 28.7 Å². The molecule has 0 radical (unpaired) electrons. The number of aromatic nitrogens is 1. The Morgan fingerprint density at radius 1 is 1.04 bits per heavy atom. The van der Waals surface area contributed by atoms with E-state index < -0.39 is 0 Å². The number of aliphatic imine (C=N–C) groups is 1. The topological polar surface area (TPSA) is 46.8 Å². The van der Waals surface area contributed by atoms with Crippen LogP contribution >= 0.6 is 0 Å². The number of benzene rings is 2. The van der Waals surface area contributed by atoms with E-state index in [1.165, 1.54) is 0 Å². The van der Waals surface area contributed by atoms with Crippen LogP contribution in [0, 0.1) is 0 Å². The first-order valence-electron chi connectivity index (χ1n) is 8.84. The zero-order valence-electron chi connectivity index (χ0n) is 14.5. The zero-order valence-corrected chi connectivity index (χ0v) is 14.5. The average molecular weight is 347 g/mol. The largest absolute Gasteiger partial charge is 0.378 e. The molecule has 1 amide bonds. The number of nitrogens with zero attached hydrogens (tertiary/aromatic N) is 3. The molecule has 1 aliphatic heterocycles. The standard InChI is InChI=1S/C21H21N3O2/c25-21(23-10-12-26-13-11-23)16-24-15-17(19-8-4-5-9-20(19)24)14-22-18-6-2-1-3-7-18/h1-9,14-15H,10-13,16H2. The Labute approximate surface area is 152 Å². The summed E-state index contributed by atoms with van der Waals surface area (Å²) in [4.78, 5) is 19.0. The van der Waals surface area contributed by atoms with Gasteiger partial charge in [0.25, 0.3) is 0 Å². The van der Waals surface area contributed by atoms with Crippen LogP contribution < -0.4 is 0 Å². The molecule has 1 fully saturated rings. The Morgan fingerprint density at radius 3 is 2.58 bits per heavy atom. The molecule has 0 spiro atoms. The smallest absolute Gasteiger partial charge is 0.242 e. The van der Waals surface area contributed by atoms with E-state index in [-0.39, 0.29) is 5.91 Å². The van der Waals surface area contributed by atoms with Gasteiger partial charge in [0.1, 0.15) is 6.54 Å². The van der Waals surface area contributed by atoms with Gasteiger partial charge in [0.15, 0.2) is 0 Å². The average Bonchev–Trinajstić information content (AvgIpc) is 3.05. The summed E-state index contributed by atoms with van der Waals surface area (Å²) in [6.07, 6.45) is 3.88. The van der Waals surface area contributed by atoms with Crippen LogP contribution in [0.3, 0.4) is 0 Å². The van der Waals surface area contributed by atoms with Gasteiger partial charge in [-0.25, -0.2) is 0 Å². The summed E-state index contributed by atoms with van der Waals surface area (Å²) in [5, 5.41) is 1.10. The highest BCUT2D eigenvalue weighted by atomic mass is 16.5. The summed E-state index contributed by atoms with van der Waals surface area (Å²) < 4.78 is 7.34. The molecular formula is C21H21N3O2. The van der Waals surface area contributed by atoms with Crippen molar-refractivity contribution in [3.05, 3.63) is 66.4 Å². The maximum atomic E-state index is 12.6. The zero-order chi connectivity index (χ0) is 17.8. The van der Waals surface area contributed by atoms with Crippen molar-refractivity contribution in [2.24, 2.45) is 4.99 Å². The van der Waals surface area contributed by atoms with Crippen LogP contribution in [0.4, 0.5) is 5.69 Å². The summed E-state index contributed by atoms with van der Waals surface area (Å²) >= 11 is 0. The molecule has 0 N–H and O–H groups in total. The first kappa shape index (κ1) is 16.5. The van der Waals surface area contributed by atoms with Crippen LogP contribution in [0.5, 0.6) is 0 Å². The minimum Gasteiger partial charge on any atom is -0.378 e. The third kappa shape index (κ3) is 3.53. The number of hydrogen-bond acceptors (Lipinski definition) is 3. The Kier molecular flexibility index (Phi) is 4.80. The molecule has 0 unspecified atom stereocenters. The number of rotatable bonds is 4. The highest BCUT2D eigenvalue weighted by Gasteiger charge is 2.18. The van der Waals surface area contributed by atoms with E-state index in [0.717, 1.165) is 22.2 Å². The second kappa shape index (κ2) is 7.54. The predicted molar refractivity (Wildman–Crippen MR) is 103 cm³/mol. The van der Waals surface area contributed by atoms with Crippen LogP contribution in [0.25, 0.3) is 10.9 Å². The predicted octanol–water partition coefficient (Wildman–Crippen LogP) is 3.25. The molecule has 0 bridgehead atoms. The van der Waals surface area contributed by atoms with Crippen LogP contribution in [0.15, 0.2) is 65.8 Å². The molecule has 0 saturated carbocycles. The van der Waals surface area contributed by atoms with Crippen molar-refractivity contribution < 1.29 is 9.53 Å². The number of hydrogen-bond donors (Lipinski definition) is 0. The second-order valence-corrected chi connectivity index (χ2v) is 6.32. The van der Waals surface area contributed by atoms with Crippen molar-refractivity contribution in [1.29, 1.82) is 0 Å². The van der Waals surface area contributed by atoms with E-state index >= 15 is 0 Å². The second-order valence-electron chi connectivity index (χ2n) is 6.32. The number of ether oxygens (including phenoxy) is 1. The number of carbonyl (C=O) groups excluding carboxylic acids is 1. The minimum absolute atomic E-state index is 0.126. The lowest BCUT2D eigenvalue weighted by Crippen LogP contribution is -2.42. The molecule has 132 valence electrons. The van der Waals surface area contributed by atoms with Gasteiger partial charge in [-0.15, -0.1) is 0 Å². The molecule has 3 aromatic rings. The quantitative estimate of drug-likeness (QED) is 0.680. The molecule has 1 aromatic heterocycles. The van der Waals surface area contributed by atoms with E-state index in [0.29, 0.717) is 32.8 Å². The van der Waals surface area contributed by atoms with Crippen molar-refractivity contribution in [2.75, 3.05) is 26.3 Å². The molecular weight excluding hydrogens is 326 g/mol. The van der Waals surface area contributed by atoms with Crippen molar-refractivity contribution in [3.63, 3.8) is 0 Å². The fraction of sp³-hybridized carbons (Fsp3) is 0.238. The van der Waals surface area contributed by atoms with Gasteiger partial charge in [-0.3, -0.25) is 9.79 Å². The van der Waals surface area contributed by atoms with Crippen LogP contribution in [-0.4, -0.2) is 47.9 Å². The third-order valence-electron chi connectivity index (χ3n) is 4.60. The molecule has 0 aliphatic carbocycles. The minimum atomic E-state index is 0.126. The lowest BCUT2D eigenvalue weighted by atomic mass is 10.2. The van der Waals surface area contributed by atoms with Gasteiger partial charge in [-0.2, -0.15) is 0 Å². The third-order valence-corrected chi connectivity index (χ3v) is 4.60. The molecule has 2 heterocycles. The van der Waals surface area contributed by atoms with Gasteiger partial charge in [0.05, 0.1) is 18.9 Å². The lowest BCUT2D eigenvalue weighted by Gasteiger charge is -2.27. The van der Waals surface area contributed by atoms with Crippen molar-refractivity contribution in [2.45, 2.75) is 6.54 Å². The number of fused-ring (bicyclic) bond motifs is 1. The highest BCUT2D eigenvalue weighted by Crippen LogP contribution is 2.21. The summed E-state index contributed by atoms with van der Waals surface area (Å²) in [5.74, 6) is 0.126. The monoisotopic (exact) mass is 347 g/mol. The normalized spacial score (nSPS) is 15.0. The summed E-state index contributed by atoms with van der Waals surface area (Å²) in [6.45, 7) is 2.90. The van der Waals surface area contributed by atoms with Crippen molar-refractivity contribution in [1.82, 2.24) is 9.47 Å². The molecule has 26 heavy (non-hydrogen) atoms. The van der Waals surface area contributed by atoms with Gasteiger partial charge in [-0.1, -0.05) is 36.4 Å². The highest BCUT2D eigenvalue weighted by molar-refractivity contribution is 6.00. The first-order valence-corrected chi connectivity index (χ1v) is 8.84. The fourth-order valence-corrected chi connectivity index (χ4v) is 3.23. The number of amides is 1.